The molecule has 0 unspecified atom stereocenters. The molecule has 0 radical (unpaired) electrons. The molecular formula is C60H41N3Se. The predicted molar refractivity (Wildman–Crippen MR) is 268 cm³/mol. The Labute approximate surface area is 379 Å². The average molecular weight is 883 g/mol. The normalized spacial score (nSPS) is 11.8. The van der Waals surface area contributed by atoms with Crippen molar-refractivity contribution in [3.05, 3.63) is 222 Å². The van der Waals surface area contributed by atoms with Crippen LogP contribution in [-0.2, 0) is 6.42 Å². The summed E-state index contributed by atoms with van der Waals surface area (Å²) in [7, 11) is 0. The van der Waals surface area contributed by atoms with Crippen molar-refractivity contribution in [2.45, 2.75) is 20.3 Å². The van der Waals surface area contributed by atoms with Crippen molar-refractivity contribution in [2.75, 3.05) is 0 Å². The zero-order chi connectivity index (χ0) is 42.7. The third-order valence-corrected chi connectivity index (χ3v) is 15.6. The molecule has 1 aliphatic carbocycles. The topological polar surface area (TPSA) is 38.7 Å². The van der Waals surface area contributed by atoms with Crippen LogP contribution in [0.2, 0.25) is 0 Å². The summed E-state index contributed by atoms with van der Waals surface area (Å²) in [5.74, 6) is 0. The molecule has 0 N–H and O–H groups in total. The Morgan fingerprint density at radius 1 is 0.391 bits per heavy atom. The Morgan fingerprint density at radius 2 is 0.984 bits per heavy atom. The first-order chi connectivity index (χ1) is 31.6. The summed E-state index contributed by atoms with van der Waals surface area (Å²) in [6.07, 6.45) is 0.839. The summed E-state index contributed by atoms with van der Waals surface area (Å²) in [6, 6.07) is 73.0. The van der Waals surface area contributed by atoms with Gasteiger partial charge in [0.25, 0.3) is 0 Å². The summed E-state index contributed by atoms with van der Waals surface area (Å²) in [5, 5.41) is 17.6. The van der Waals surface area contributed by atoms with Gasteiger partial charge in [0.2, 0.25) is 0 Å². The molecule has 2 aromatic heterocycles. The number of aromatic nitrogens is 3. The Morgan fingerprint density at radius 3 is 1.75 bits per heavy atom. The smallest absolute Gasteiger partial charge is 0.0619 e. The van der Waals surface area contributed by atoms with Crippen molar-refractivity contribution in [2.24, 2.45) is 0 Å². The van der Waals surface area contributed by atoms with E-state index in [9.17, 15) is 0 Å². The second-order valence-corrected chi connectivity index (χ2v) is 19.0. The van der Waals surface area contributed by atoms with Crippen molar-refractivity contribution >= 4 is 33.8 Å². The second kappa shape index (κ2) is 15.7. The fraction of sp³-hybridized carbons (Fsp3) is 0.0500. The van der Waals surface area contributed by atoms with E-state index in [4.69, 9.17) is 15.4 Å². The molecule has 0 spiro atoms. The van der Waals surface area contributed by atoms with Crippen molar-refractivity contribution in [1.82, 2.24) is 15.4 Å². The Balaban J connectivity index is 1.24. The van der Waals surface area contributed by atoms with Gasteiger partial charge in [-0.25, -0.2) is 0 Å². The molecule has 0 aliphatic heterocycles. The molecule has 2 heterocycles. The van der Waals surface area contributed by atoms with Crippen LogP contribution in [0.1, 0.15) is 22.3 Å². The van der Waals surface area contributed by atoms with Gasteiger partial charge in [0.05, 0.1) is 0 Å². The molecule has 0 atom stereocenters. The summed E-state index contributed by atoms with van der Waals surface area (Å²) >= 11 is 0.138. The minimum Gasteiger partial charge on any atom is -0.0619 e. The van der Waals surface area contributed by atoms with Crippen LogP contribution in [0.4, 0.5) is 0 Å². The maximum atomic E-state index is 5.17. The number of rotatable bonds is 7. The zero-order valence-electron chi connectivity index (χ0n) is 35.5. The number of benzene rings is 9. The number of aryl methyl sites for hydroxylation is 1. The average Bonchev–Trinajstić information content (AvgIpc) is 3.93. The third kappa shape index (κ3) is 6.21. The van der Waals surface area contributed by atoms with Gasteiger partial charge in [-0.15, -0.1) is 0 Å². The van der Waals surface area contributed by atoms with Crippen LogP contribution in [0.15, 0.2) is 200 Å². The molecule has 0 amide bonds. The van der Waals surface area contributed by atoms with Crippen LogP contribution < -0.4 is 0 Å². The Hall–Kier alpha value is -7.49. The first-order valence-corrected chi connectivity index (χ1v) is 23.6. The van der Waals surface area contributed by atoms with Crippen molar-refractivity contribution in [3.8, 4) is 89.3 Å². The van der Waals surface area contributed by atoms with Gasteiger partial charge in [0.15, 0.2) is 0 Å². The molecule has 12 rings (SSSR count). The summed E-state index contributed by atoms with van der Waals surface area (Å²) < 4.78 is 2.79. The van der Waals surface area contributed by atoms with Crippen LogP contribution in [0.3, 0.4) is 0 Å². The van der Waals surface area contributed by atoms with Gasteiger partial charge >= 0.3 is 357 Å². The minimum atomic E-state index is 0.138. The molecule has 0 saturated heterocycles. The molecule has 302 valence electrons. The fourth-order valence-corrected chi connectivity index (χ4v) is 12.5. The van der Waals surface area contributed by atoms with E-state index in [0.29, 0.717) is 0 Å². The van der Waals surface area contributed by atoms with Gasteiger partial charge in [0, 0.05) is 0 Å². The second-order valence-electron chi connectivity index (χ2n) is 16.7. The number of hydrogen-bond donors (Lipinski definition) is 0. The molecule has 3 nitrogen and oxygen atoms in total. The van der Waals surface area contributed by atoms with Gasteiger partial charge in [-0.05, 0) is 0 Å². The first kappa shape index (κ1) is 38.2. The number of fused-ring (bicyclic) bond motifs is 6. The van der Waals surface area contributed by atoms with E-state index < -0.39 is 0 Å². The minimum absolute atomic E-state index is 0.138. The van der Waals surface area contributed by atoms with Crippen LogP contribution in [0.25, 0.3) is 109 Å². The standard InChI is InChI=1S/C60H41N3Se/c1-37-35-50-44-27-13-12-25-42(44)36-51(50)54(38(37)2)60-55(41-23-10-5-11-24-41)59(61-63-62-60)49-31-18-30-45(40-21-8-4-9-22-40)56(49)58-47(33-34-53-57(58)48-29-16-17-32-52(48)64-53)46-28-15-14-26-43(46)39-19-6-3-7-20-39/h3-35H,36H2,1-2H3. The third-order valence-electron chi connectivity index (χ3n) is 13.2. The predicted octanol–water partition coefficient (Wildman–Crippen LogP) is 15.1. The molecule has 0 saturated carbocycles. The van der Waals surface area contributed by atoms with E-state index in [1.165, 1.54) is 80.5 Å². The van der Waals surface area contributed by atoms with Crippen LogP contribution in [-0.4, -0.2) is 29.9 Å². The van der Waals surface area contributed by atoms with Crippen molar-refractivity contribution in [1.29, 1.82) is 0 Å². The molecular weight excluding hydrogens is 842 g/mol. The van der Waals surface area contributed by atoms with Gasteiger partial charge < -0.3 is 0 Å². The van der Waals surface area contributed by atoms with E-state index in [2.05, 4.69) is 214 Å². The van der Waals surface area contributed by atoms with Crippen LogP contribution in [0, 0.1) is 13.8 Å². The van der Waals surface area contributed by atoms with Crippen LogP contribution >= 0.6 is 0 Å². The van der Waals surface area contributed by atoms with Gasteiger partial charge in [-0.2, -0.15) is 0 Å². The fourth-order valence-electron chi connectivity index (χ4n) is 10.2. The number of nitrogens with zero attached hydrogens (tertiary/aromatic N) is 3. The SMILES string of the molecule is Cc1cc2c(c(-c3nnnc(-c4cccc(-c5ccccc5)c4-c4c(-c5ccccc5-c5ccccc5)ccc5[se]c6ccccc6c45)c3-c3ccccc3)c1C)Cc1ccccc1-2. The van der Waals surface area contributed by atoms with E-state index in [1.54, 1.807) is 0 Å². The van der Waals surface area contributed by atoms with Gasteiger partial charge in [-0.3, -0.25) is 0 Å². The van der Waals surface area contributed by atoms with E-state index in [1.807, 2.05) is 0 Å². The molecule has 11 aromatic rings. The van der Waals surface area contributed by atoms with Gasteiger partial charge in [-0.1, -0.05) is 24.3 Å². The monoisotopic (exact) mass is 883 g/mol. The molecule has 64 heavy (non-hydrogen) atoms. The molecule has 0 bridgehead atoms. The van der Waals surface area contributed by atoms with E-state index in [0.717, 1.165) is 56.8 Å². The summed E-state index contributed by atoms with van der Waals surface area (Å²) in [5.41, 5.74) is 22.9. The maximum absolute atomic E-state index is 5.17. The molecule has 4 heteroatoms. The van der Waals surface area contributed by atoms with E-state index >= 15 is 0 Å². The van der Waals surface area contributed by atoms with Gasteiger partial charge in [0.1, 0.15) is 0 Å². The molecule has 0 fully saturated rings. The van der Waals surface area contributed by atoms with Crippen LogP contribution in [0.5, 0.6) is 0 Å². The first-order valence-electron chi connectivity index (χ1n) is 21.9. The Bertz CT molecular complexity index is 3590. The summed E-state index contributed by atoms with van der Waals surface area (Å²) in [4.78, 5) is 0. The quantitative estimate of drug-likeness (QED) is 0.150. The van der Waals surface area contributed by atoms with Crippen molar-refractivity contribution < 1.29 is 0 Å². The zero-order valence-corrected chi connectivity index (χ0v) is 37.2. The molecule has 1 aliphatic rings. The molecule has 9 aromatic carbocycles. The van der Waals surface area contributed by atoms with E-state index in [-0.39, 0.29) is 14.5 Å². The number of hydrogen-bond acceptors (Lipinski definition) is 3. The van der Waals surface area contributed by atoms with Crippen molar-refractivity contribution in [3.63, 3.8) is 0 Å². The Kier molecular flexibility index (Phi) is 9.37. The summed E-state index contributed by atoms with van der Waals surface area (Å²) in [6.45, 7) is 4.47.